The molecule has 0 aromatic carbocycles. The van der Waals surface area contributed by atoms with E-state index >= 15 is 0 Å². The van der Waals surface area contributed by atoms with E-state index in [0.29, 0.717) is 0 Å². The van der Waals surface area contributed by atoms with E-state index in [1.165, 1.54) is 18.0 Å². The second-order valence-corrected chi connectivity index (χ2v) is 8.90. The first kappa shape index (κ1) is 26.5. The minimum atomic E-state index is -5.32. The first-order valence-electron chi connectivity index (χ1n) is 8.75. The number of phosphoric ester groups is 1. The van der Waals surface area contributed by atoms with E-state index in [-0.39, 0.29) is 36.9 Å². The second kappa shape index (κ2) is 11.4. The van der Waals surface area contributed by atoms with Gasteiger partial charge in [0.1, 0.15) is 6.10 Å². The zero-order valence-electron chi connectivity index (χ0n) is 16.6. The lowest BCUT2D eigenvalue weighted by Crippen LogP contribution is -2.31. The molecule has 2 aromatic rings. The van der Waals surface area contributed by atoms with Gasteiger partial charge in [-0.1, -0.05) is 0 Å². The van der Waals surface area contributed by atoms with Crippen LogP contribution >= 0.6 is 15.6 Å². The summed E-state index contributed by atoms with van der Waals surface area (Å²) in [6.07, 6.45) is -1.18. The Morgan fingerprint density at radius 2 is 1.97 bits per heavy atom. The molecule has 0 saturated heterocycles. The number of aliphatic hydroxyl groups excluding tert-OH is 1. The molecule has 2 aromatic heterocycles. The van der Waals surface area contributed by atoms with Gasteiger partial charge < -0.3 is 39.7 Å². The number of ether oxygens (including phenoxy) is 3. The molecule has 17 nitrogen and oxygen atoms in total. The zero-order valence-corrected chi connectivity index (χ0v) is 18.4. The zero-order chi connectivity index (χ0) is 23.9. The number of aliphatic hydroxyl groups is 1. The lowest BCUT2D eigenvalue weighted by atomic mass is 10.4. The smallest absolute Gasteiger partial charge is 0.394 e. The van der Waals surface area contributed by atoms with Crippen LogP contribution in [-0.2, 0) is 32.2 Å². The third-order valence-electron chi connectivity index (χ3n) is 3.64. The van der Waals surface area contributed by atoms with Gasteiger partial charge in [0.2, 0.25) is 5.95 Å². The van der Waals surface area contributed by atoms with Crippen molar-refractivity contribution in [2.24, 2.45) is 0 Å². The summed E-state index contributed by atoms with van der Waals surface area (Å²) in [6.45, 7) is -1.31. The Bertz CT molecular complexity index is 1040. The van der Waals surface area contributed by atoms with E-state index < -0.39 is 46.8 Å². The van der Waals surface area contributed by atoms with Crippen molar-refractivity contribution in [1.82, 2.24) is 19.5 Å². The highest BCUT2D eigenvalue weighted by Gasteiger charge is 2.33. The van der Waals surface area contributed by atoms with Crippen LogP contribution in [0.25, 0.3) is 11.2 Å². The highest BCUT2D eigenvalue weighted by molar-refractivity contribution is 7.60. The van der Waals surface area contributed by atoms with Gasteiger partial charge in [-0.3, -0.25) is 18.9 Å². The minimum absolute atomic E-state index is 0.0295. The van der Waals surface area contributed by atoms with Crippen molar-refractivity contribution >= 4 is 32.8 Å². The van der Waals surface area contributed by atoms with Crippen molar-refractivity contribution in [3.8, 4) is 0 Å². The van der Waals surface area contributed by atoms with Gasteiger partial charge in [-0.15, -0.1) is 0 Å². The third kappa shape index (κ3) is 7.99. The van der Waals surface area contributed by atoms with Crippen LogP contribution in [0.5, 0.6) is 0 Å². The fourth-order valence-electron chi connectivity index (χ4n) is 2.36. The Morgan fingerprint density at radius 3 is 2.59 bits per heavy atom. The Hall–Kier alpha value is -1.75. The average molecular weight is 503 g/mol. The third-order valence-corrected chi connectivity index (χ3v) is 5.79. The number of hydrogen-bond acceptors (Lipinski definition) is 12. The molecule has 0 amide bonds. The lowest BCUT2D eigenvalue weighted by molar-refractivity contribution is -0.122. The largest absolute Gasteiger partial charge is 0.481 e. The Morgan fingerprint density at radius 1 is 1.25 bits per heavy atom. The summed E-state index contributed by atoms with van der Waals surface area (Å²) in [5.74, 6) is -0.193. The molecule has 2 rings (SSSR count). The van der Waals surface area contributed by atoms with Crippen molar-refractivity contribution in [3.63, 3.8) is 0 Å². The first-order valence-corrected chi connectivity index (χ1v) is 11.8. The maximum Gasteiger partial charge on any atom is 0.481 e. The number of nitrogens with two attached hydrogens (primary N) is 1. The number of fused-ring (bicyclic) bond motifs is 1. The fraction of sp³-hybridized carbons (Fsp3) is 0.615. The molecule has 0 fully saturated rings. The van der Waals surface area contributed by atoms with Gasteiger partial charge in [0.25, 0.3) is 5.56 Å². The summed E-state index contributed by atoms with van der Waals surface area (Å²) in [5, 5.41) is 9.57. The molecule has 0 bridgehead atoms. The molecule has 0 aliphatic rings. The van der Waals surface area contributed by atoms with Gasteiger partial charge in [-0.2, -0.15) is 9.29 Å². The number of imidazole rings is 1. The first-order chi connectivity index (χ1) is 15.0. The molecule has 0 spiro atoms. The standard InChI is InChI=1S/C13H23N5O12P2/c1-26-2-3-27-6-9(18-7-15-10-11(18)16-13(14)17-12(10)20)29-8(4-19)5-28-32(24,25)30-31(21,22)23/h7-9,19H,2-6H2,1H3,(H,24,25)(H2,21,22,23)(H3,14,16,17,20)/t8-,9+/m0/s1. The number of methoxy groups -OCH3 is 1. The molecule has 1 unspecified atom stereocenters. The average Bonchev–Trinajstić information content (AvgIpc) is 3.09. The highest BCUT2D eigenvalue weighted by atomic mass is 31.3. The minimum Gasteiger partial charge on any atom is -0.394 e. The fourth-order valence-corrected chi connectivity index (χ4v) is 3.98. The molecule has 7 N–H and O–H groups in total. The summed E-state index contributed by atoms with van der Waals surface area (Å²) in [7, 11) is -9.02. The van der Waals surface area contributed by atoms with Gasteiger partial charge in [0.05, 0.1) is 39.4 Å². The molecule has 0 aliphatic heterocycles. The molecule has 0 saturated carbocycles. The summed E-state index contributed by atoms with van der Waals surface area (Å²) in [6, 6.07) is 0. The van der Waals surface area contributed by atoms with Crippen LogP contribution in [0.2, 0.25) is 0 Å². The van der Waals surface area contributed by atoms with Crippen LogP contribution in [-0.4, -0.2) is 85.6 Å². The number of nitrogens with zero attached hydrogens (tertiary/aromatic N) is 3. The number of nitrogen functional groups attached to an aromatic ring is 1. The molecule has 0 aliphatic carbocycles. The van der Waals surface area contributed by atoms with Crippen molar-refractivity contribution in [3.05, 3.63) is 16.7 Å². The van der Waals surface area contributed by atoms with Crippen molar-refractivity contribution < 1.29 is 52.0 Å². The van der Waals surface area contributed by atoms with Crippen molar-refractivity contribution in [2.45, 2.75) is 12.3 Å². The van der Waals surface area contributed by atoms with Gasteiger partial charge >= 0.3 is 15.6 Å². The van der Waals surface area contributed by atoms with Gasteiger partial charge in [-0.05, 0) is 0 Å². The van der Waals surface area contributed by atoms with Crippen LogP contribution in [0.4, 0.5) is 5.95 Å². The van der Waals surface area contributed by atoms with Gasteiger partial charge in [-0.25, -0.2) is 14.1 Å². The SMILES string of the molecule is COCCOC[C@@H](O[C@@H](CO)COP(=O)(O)OP(=O)(O)O)n1cnc2c(=O)[nH]c(N)nc21. The quantitative estimate of drug-likeness (QED) is 0.126. The number of aromatic nitrogens is 4. The summed E-state index contributed by atoms with van der Waals surface area (Å²) in [5.41, 5.74) is 4.94. The second-order valence-electron chi connectivity index (χ2n) is 6.07. The van der Waals surface area contributed by atoms with E-state index in [9.17, 15) is 23.9 Å². The number of aromatic amines is 1. The van der Waals surface area contributed by atoms with Crippen LogP contribution in [0.1, 0.15) is 6.23 Å². The molecular formula is C13H23N5O12P2. The molecule has 0 radical (unpaired) electrons. The van der Waals surface area contributed by atoms with Crippen LogP contribution in [0, 0.1) is 0 Å². The Balaban J connectivity index is 2.22. The van der Waals surface area contributed by atoms with E-state index in [1.54, 1.807) is 0 Å². The molecule has 19 heteroatoms. The number of hydrogen-bond donors (Lipinski definition) is 6. The van der Waals surface area contributed by atoms with E-state index in [1.807, 2.05) is 0 Å². The van der Waals surface area contributed by atoms with Gasteiger partial charge in [0, 0.05) is 7.11 Å². The van der Waals surface area contributed by atoms with E-state index in [2.05, 4.69) is 23.8 Å². The Labute approximate surface area is 179 Å². The number of H-pyrrole nitrogens is 1. The summed E-state index contributed by atoms with van der Waals surface area (Å²) >= 11 is 0. The number of rotatable bonds is 14. The van der Waals surface area contributed by atoms with Crippen LogP contribution < -0.4 is 11.3 Å². The molecule has 3 atom stereocenters. The molecule has 182 valence electrons. The van der Waals surface area contributed by atoms with Crippen molar-refractivity contribution in [2.75, 3.05) is 45.9 Å². The van der Waals surface area contributed by atoms with Crippen molar-refractivity contribution in [1.29, 1.82) is 0 Å². The van der Waals surface area contributed by atoms with Crippen LogP contribution in [0.3, 0.4) is 0 Å². The molecule has 32 heavy (non-hydrogen) atoms. The maximum atomic E-state index is 12.0. The number of phosphoric acid groups is 2. The maximum absolute atomic E-state index is 12.0. The lowest BCUT2D eigenvalue weighted by Gasteiger charge is -2.25. The monoisotopic (exact) mass is 503 g/mol. The van der Waals surface area contributed by atoms with Crippen LogP contribution in [0.15, 0.2) is 11.1 Å². The predicted molar refractivity (Wildman–Crippen MR) is 105 cm³/mol. The molecule has 2 heterocycles. The highest BCUT2D eigenvalue weighted by Crippen LogP contribution is 2.57. The number of anilines is 1. The summed E-state index contributed by atoms with van der Waals surface area (Å²) < 4.78 is 47.8. The van der Waals surface area contributed by atoms with Gasteiger partial charge in [0.15, 0.2) is 17.4 Å². The molecular weight excluding hydrogens is 480 g/mol. The van der Waals surface area contributed by atoms with E-state index in [4.69, 9.17) is 29.7 Å². The predicted octanol–water partition coefficient (Wildman–Crippen LogP) is -1.53. The number of nitrogens with one attached hydrogen (secondary N) is 1. The normalized spacial score (nSPS) is 16.2. The summed E-state index contributed by atoms with van der Waals surface area (Å²) in [4.78, 5) is 48.9. The Kier molecular flexibility index (Phi) is 9.44. The topological polar surface area (TPSA) is 251 Å². The van der Waals surface area contributed by atoms with E-state index in [0.717, 1.165) is 0 Å².